The first kappa shape index (κ1) is 18.3. The molecule has 6 heteroatoms. The van der Waals surface area contributed by atoms with E-state index in [-0.39, 0.29) is 5.91 Å². The van der Waals surface area contributed by atoms with Gasteiger partial charge in [-0.3, -0.25) is 4.79 Å². The Kier molecular flexibility index (Phi) is 4.94. The van der Waals surface area contributed by atoms with E-state index in [1.165, 1.54) is 4.90 Å². The molecule has 2 fully saturated rings. The number of benzene rings is 2. The minimum Gasteiger partial charge on any atom is -0.465 e. The maximum atomic E-state index is 13.0. The van der Waals surface area contributed by atoms with Crippen LogP contribution in [0, 0.1) is 5.41 Å². The fourth-order valence-electron chi connectivity index (χ4n) is 4.23. The van der Waals surface area contributed by atoms with Crippen molar-refractivity contribution in [2.75, 3.05) is 19.6 Å². The second-order valence-electron chi connectivity index (χ2n) is 7.62. The molecule has 146 valence electrons. The van der Waals surface area contributed by atoms with Crippen LogP contribution in [-0.4, -0.2) is 46.5 Å². The van der Waals surface area contributed by atoms with Crippen molar-refractivity contribution in [2.24, 2.45) is 5.41 Å². The highest BCUT2D eigenvalue weighted by Crippen LogP contribution is 2.40. The number of piperidine rings is 1. The third-order valence-corrected chi connectivity index (χ3v) is 5.72. The Morgan fingerprint density at radius 2 is 1.71 bits per heavy atom. The average molecular weight is 380 g/mol. The molecule has 0 radical (unpaired) electrons. The average Bonchev–Trinajstić information content (AvgIpc) is 3.00. The number of hydrogen-bond acceptors (Lipinski definition) is 3. The largest absolute Gasteiger partial charge is 0.465 e. The lowest BCUT2D eigenvalue weighted by molar-refractivity contribution is -0.138. The van der Waals surface area contributed by atoms with E-state index in [1.54, 1.807) is 0 Å². The highest BCUT2D eigenvalue weighted by atomic mass is 16.5. The maximum absolute atomic E-state index is 13.0. The third kappa shape index (κ3) is 3.67. The van der Waals surface area contributed by atoms with Crippen LogP contribution in [0.25, 0.3) is 0 Å². The van der Waals surface area contributed by atoms with Gasteiger partial charge in [-0.25, -0.2) is 4.79 Å². The fourth-order valence-corrected chi connectivity index (χ4v) is 4.23. The van der Waals surface area contributed by atoms with E-state index < -0.39 is 11.5 Å². The lowest BCUT2D eigenvalue weighted by Gasteiger charge is -2.37. The van der Waals surface area contributed by atoms with Crippen LogP contribution < -0.4 is 4.74 Å². The van der Waals surface area contributed by atoms with Gasteiger partial charge in [-0.1, -0.05) is 30.3 Å². The van der Waals surface area contributed by atoms with Gasteiger partial charge in [0.1, 0.15) is 11.5 Å². The van der Waals surface area contributed by atoms with Crippen LogP contribution in [-0.2, 0) is 11.3 Å². The number of ether oxygens (including phenoxy) is 1. The summed E-state index contributed by atoms with van der Waals surface area (Å²) >= 11 is 0. The molecule has 1 atom stereocenters. The van der Waals surface area contributed by atoms with Gasteiger partial charge in [0.15, 0.2) is 0 Å². The molecule has 2 amide bonds. The lowest BCUT2D eigenvalue weighted by atomic mass is 9.78. The monoisotopic (exact) mass is 380 g/mol. The summed E-state index contributed by atoms with van der Waals surface area (Å²) in [4.78, 5) is 27.6. The van der Waals surface area contributed by atoms with Crippen molar-refractivity contribution in [3.63, 3.8) is 0 Å². The summed E-state index contributed by atoms with van der Waals surface area (Å²) in [5, 5.41) is 9.29. The Morgan fingerprint density at radius 1 is 1.00 bits per heavy atom. The predicted molar refractivity (Wildman–Crippen MR) is 104 cm³/mol. The van der Waals surface area contributed by atoms with E-state index in [9.17, 15) is 14.7 Å². The van der Waals surface area contributed by atoms with Crippen molar-refractivity contribution in [1.82, 2.24) is 9.80 Å². The first-order chi connectivity index (χ1) is 13.6. The van der Waals surface area contributed by atoms with E-state index in [0.29, 0.717) is 26.2 Å². The molecule has 1 unspecified atom stereocenters. The number of nitrogens with zero attached hydrogens (tertiary/aromatic N) is 2. The normalized spacial score (nSPS) is 21.9. The van der Waals surface area contributed by atoms with Gasteiger partial charge >= 0.3 is 6.09 Å². The van der Waals surface area contributed by atoms with Gasteiger partial charge in [0.2, 0.25) is 5.91 Å². The molecule has 0 saturated carbocycles. The molecule has 2 saturated heterocycles. The number of likely N-dealkylation sites (tertiary alicyclic amines) is 2. The Morgan fingerprint density at radius 3 is 2.43 bits per heavy atom. The quantitative estimate of drug-likeness (QED) is 0.871. The van der Waals surface area contributed by atoms with Crippen LogP contribution in [0.3, 0.4) is 0 Å². The SMILES string of the molecule is O=C(O)N1CCCC2(CCN(Cc3ccc(Oc4ccccc4)cc3)C2=O)C1. The molecule has 2 aromatic rings. The Labute approximate surface area is 164 Å². The van der Waals surface area contributed by atoms with Crippen molar-refractivity contribution in [3.8, 4) is 11.5 Å². The van der Waals surface area contributed by atoms with Crippen molar-refractivity contribution in [3.05, 3.63) is 60.2 Å². The molecule has 2 aliphatic heterocycles. The van der Waals surface area contributed by atoms with E-state index in [2.05, 4.69) is 0 Å². The van der Waals surface area contributed by atoms with Gasteiger partial charge in [-0.05, 0) is 49.1 Å². The van der Waals surface area contributed by atoms with Gasteiger partial charge in [-0.15, -0.1) is 0 Å². The van der Waals surface area contributed by atoms with Gasteiger partial charge in [0.25, 0.3) is 0 Å². The molecule has 4 rings (SSSR count). The summed E-state index contributed by atoms with van der Waals surface area (Å²) in [7, 11) is 0. The molecule has 6 nitrogen and oxygen atoms in total. The second kappa shape index (κ2) is 7.54. The van der Waals surface area contributed by atoms with Crippen LogP contribution in [0.4, 0.5) is 4.79 Å². The van der Waals surface area contributed by atoms with Crippen LogP contribution in [0.1, 0.15) is 24.8 Å². The van der Waals surface area contributed by atoms with E-state index in [4.69, 9.17) is 4.74 Å². The molecular weight excluding hydrogens is 356 g/mol. The molecule has 28 heavy (non-hydrogen) atoms. The van der Waals surface area contributed by atoms with Crippen LogP contribution >= 0.6 is 0 Å². The smallest absolute Gasteiger partial charge is 0.407 e. The number of carbonyl (C=O) groups excluding carboxylic acids is 1. The summed E-state index contributed by atoms with van der Waals surface area (Å²) in [6.07, 6.45) is 1.32. The molecular formula is C22H24N2O4. The van der Waals surface area contributed by atoms with E-state index in [1.807, 2.05) is 59.5 Å². The first-order valence-electron chi connectivity index (χ1n) is 9.65. The molecule has 0 aromatic heterocycles. The molecule has 1 spiro atoms. The zero-order chi connectivity index (χ0) is 19.6. The van der Waals surface area contributed by atoms with Crippen LogP contribution in [0.2, 0.25) is 0 Å². The number of hydrogen-bond donors (Lipinski definition) is 1. The topological polar surface area (TPSA) is 70.1 Å². The predicted octanol–water partition coefficient (Wildman–Crippen LogP) is 3.97. The van der Waals surface area contributed by atoms with Crippen molar-refractivity contribution in [1.29, 1.82) is 0 Å². The molecule has 2 aliphatic rings. The van der Waals surface area contributed by atoms with Crippen LogP contribution in [0.15, 0.2) is 54.6 Å². The number of rotatable bonds is 4. The number of carbonyl (C=O) groups is 2. The number of amides is 2. The second-order valence-corrected chi connectivity index (χ2v) is 7.62. The number of carboxylic acid groups (broad SMARTS) is 1. The van der Waals surface area contributed by atoms with Gasteiger partial charge in [0, 0.05) is 26.2 Å². The summed E-state index contributed by atoms with van der Waals surface area (Å²) in [6, 6.07) is 17.4. The zero-order valence-electron chi connectivity index (χ0n) is 15.7. The molecule has 2 aromatic carbocycles. The maximum Gasteiger partial charge on any atom is 0.407 e. The Hall–Kier alpha value is -3.02. The van der Waals surface area contributed by atoms with Gasteiger partial charge in [0.05, 0.1) is 5.41 Å². The minimum atomic E-state index is -0.931. The first-order valence-corrected chi connectivity index (χ1v) is 9.65. The minimum absolute atomic E-state index is 0.0862. The van der Waals surface area contributed by atoms with Gasteiger partial charge in [-0.2, -0.15) is 0 Å². The summed E-state index contributed by atoms with van der Waals surface area (Å²) in [5.74, 6) is 1.62. The van der Waals surface area contributed by atoms with Crippen molar-refractivity contribution < 1.29 is 19.4 Å². The van der Waals surface area contributed by atoms with E-state index in [0.717, 1.165) is 36.3 Å². The Bertz CT molecular complexity index is 853. The highest BCUT2D eigenvalue weighted by molar-refractivity contribution is 5.86. The zero-order valence-corrected chi connectivity index (χ0v) is 15.7. The molecule has 1 N–H and O–H groups in total. The fraction of sp³-hybridized carbons (Fsp3) is 0.364. The van der Waals surface area contributed by atoms with Gasteiger partial charge < -0.3 is 19.6 Å². The van der Waals surface area contributed by atoms with Crippen molar-refractivity contribution in [2.45, 2.75) is 25.8 Å². The molecule has 0 aliphatic carbocycles. The number of para-hydroxylation sites is 1. The summed E-state index contributed by atoms with van der Waals surface area (Å²) in [5.41, 5.74) is 0.504. The Balaban J connectivity index is 1.39. The summed E-state index contributed by atoms with van der Waals surface area (Å²) < 4.78 is 5.81. The highest BCUT2D eigenvalue weighted by Gasteiger charge is 2.49. The molecule has 2 heterocycles. The molecule has 0 bridgehead atoms. The summed E-state index contributed by atoms with van der Waals surface area (Å²) in [6.45, 7) is 2.06. The van der Waals surface area contributed by atoms with Crippen LogP contribution in [0.5, 0.6) is 11.5 Å². The van der Waals surface area contributed by atoms with Crippen molar-refractivity contribution >= 4 is 12.0 Å². The standard InChI is InChI=1S/C22H24N2O4/c25-20-22(11-4-13-24(16-22)21(26)27)12-14-23(20)15-17-7-9-19(10-8-17)28-18-5-2-1-3-6-18/h1-3,5-10H,4,11-16H2,(H,26,27). The third-order valence-electron chi connectivity index (χ3n) is 5.72. The lowest BCUT2D eigenvalue weighted by Crippen LogP contribution is -2.49. The van der Waals surface area contributed by atoms with E-state index >= 15 is 0 Å².